The maximum atomic E-state index is 12.0. The molecule has 0 radical (unpaired) electrons. The van der Waals surface area contributed by atoms with E-state index in [0.717, 1.165) is 42.7 Å². The van der Waals surface area contributed by atoms with E-state index in [2.05, 4.69) is 16.8 Å². The third-order valence-corrected chi connectivity index (χ3v) is 6.76. The van der Waals surface area contributed by atoms with Gasteiger partial charge in [-0.15, -0.1) is 0 Å². The molecule has 0 bridgehead atoms. The van der Waals surface area contributed by atoms with E-state index in [1.54, 1.807) is 0 Å². The molecule has 2 N–H and O–H groups in total. The second-order valence-electron chi connectivity index (χ2n) is 9.56. The number of aliphatic hydroxyl groups is 1. The number of hydrogen-bond acceptors (Lipinski definition) is 6. The van der Waals surface area contributed by atoms with E-state index in [1.807, 2.05) is 48.5 Å². The van der Waals surface area contributed by atoms with Gasteiger partial charge >= 0.3 is 6.09 Å². The standard InChI is InChI=1S/C29H38N2O5/c1-2-17-34-29(33)30-25-10-8-9-24(18-25)28-35-26(20-31-15-6-4-3-5-7-16-31)19-27(36-28)23-13-11-22(21-32)12-14-23/h2,8-14,18,26-28,32H,1,3-7,15-17,19-21H2,(H,30,33)/t26-,27+,28+/m1/s1. The van der Waals surface area contributed by atoms with Gasteiger partial charge in [-0.1, -0.05) is 68.3 Å². The normalized spacial score (nSPS) is 23.3. The van der Waals surface area contributed by atoms with Crippen LogP contribution in [0.25, 0.3) is 0 Å². The highest BCUT2D eigenvalue weighted by atomic mass is 16.7. The van der Waals surface area contributed by atoms with Crippen LogP contribution in [0.1, 0.15) is 67.6 Å². The second kappa shape index (κ2) is 13.6. The lowest BCUT2D eigenvalue weighted by Crippen LogP contribution is -2.40. The monoisotopic (exact) mass is 494 g/mol. The first-order valence-electron chi connectivity index (χ1n) is 13.0. The number of hydrogen-bond donors (Lipinski definition) is 2. The number of amides is 1. The summed E-state index contributed by atoms with van der Waals surface area (Å²) < 4.78 is 18.0. The van der Waals surface area contributed by atoms with Crippen LogP contribution >= 0.6 is 0 Å². The third kappa shape index (κ3) is 7.64. The Balaban J connectivity index is 1.51. The highest BCUT2D eigenvalue weighted by molar-refractivity contribution is 5.84. The van der Waals surface area contributed by atoms with Crippen molar-refractivity contribution in [3.8, 4) is 0 Å². The zero-order valence-corrected chi connectivity index (χ0v) is 20.9. The average molecular weight is 495 g/mol. The molecule has 2 heterocycles. The van der Waals surface area contributed by atoms with Crippen LogP contribution in [-0.4, -0.2) is 48.4 Å². The van der Waals surface area contributed by atoms with Gasteiger partial charge in [-0.25, -0.2) is 4.79 Å². The number of anilines is 1. The molecular formula is C29H38N2O5. The average Bonchev–Trinajstić information content (AvgIpc) is 2.89. The van der Waals surface area contributed by atoms with E-state index < -0.39 is 12.4 Å². The lowest BCUT2D eigenvalue weighted by atomic mass is 9.99. The summed E-state index contributed by atoms with van der Waals surface area (Å²) in [5.41, 5.74) is 3.40. The third-order valence-electron chi connectivity index (χ3n) is 6.76. The summed E-state index contributed by atoms with van der Waals surface area (Å²) in [4.78, 5) is 14.5. The number of benzene rings is 2. The van der Waals surface area contributed by atoms with Crippen LogP contribution < -0.4 is 5.32 Å². The second-order valence-corrected chi connectivity index (χ2v) is 9.56. The van der Waals surface area contributed by atoms with Crippen molar-refractivity contribution < 1.29 is 24.1 Å². The van der Waals surface area contributed by atoms with E-state index in [1.165, 1.54) is 38.2 Å². The van der Waals surface area contributed by atoms with Crippen molar-refractivity contribution in [1.82, 2.24) is 4.90 Å². The van der Waals surface area contributed by atoms with Crippen molar-refractivity contribution in [1.29, 1.82) is 0 Å². The van der Waals surface area contributed by atoms with Crippen LogP contribution in [0.5, 0.6) is 0 Å². The van der Waals surface area contributed by atoms with E-state index in [0.29, 0.717) is 5.69 Å². The molecule has 2 fully saturated rings. The van der Waals surface area contributed by atoms with Crippen molar-refractivity contribution in [2.75, 3.05) is 31.6 Å². The predicted molar refractivity (Wildman–Crippen MR) is 140 cm³/mol. The summed E-state index contributed by atoms with van der Waals surface area (Å²) in [5.74, 6) is 0. The fraction of sp³-hybridized carbons (Fsp3) is 0.483. The molecule has 0 spiro atoms. The van der Waals surface area contributed by atoms with Gasteiger partial charge in [0.2, 0.25) is 0 Å². The number of carbonyl (C=O) groups is 1. The SMILES string of the molecule is C=CCOC(=O)Nc1cccc([C@H]2O[C@@H](CN3CCCCCCC3)C[C@@H](c3ccc(CO)cc3)O2)c1. The zero-order valence-electron chi connectivity index (χ0n) is 20.9. The van der Waals surface area contributed by atoms with Gasteiger partial charge in [0, 0.05) is 24.2 Å². The Bertz CT molecular complexity index is 972. The lowest BCUT2D eigenvalue weighted by molar-refractivity contribution is -0.253. The molecule has 0 saturated carbocycles. The first-order chi connectivity index (χ1) is 17.6. The maximum Gasteiger partial charge on any atom is 0.411 e. The smallest absolute Gasteiger partial charge is 0.411 e. The summed E-state index contributed by atoms with van der Waals surface area (Å²) in [6.07, 6.45) is 7.46. The fourth-order valence-corrected chi connectivity index (χ4v) is 4.87. The fourth-order valence-electron chi connectivity index (χ4n) is 4.87. The van der Waals surface area contributed by atoms with Gasteiger partial charge in [0.05, 0.1) is 18.8 Å². The molecule has 4 rings (SSSR count). The van der Waals surface area contributed by atoms with Gasteiger partial charge in [0.1, 0.15) is 6.61 Å². The van der Waals surface area contributed by atoms with Gasteiger partial charge in [-0.2, -0.15) is 0 Å². The van der Waals surface area contributed by atoms with Gasteiger partial charge in [0.15, 0.2) is 6.29 Å². The van der Waals surface area contributed by atoms with Crippen molar-refractivity contribution in [3.05, 3.63) is 77.9 Å². The van der Waals surface area contributed by atoms with Crippen molar-refractivity contribution in [2.45, 2.75) is 63.6 Å². The number of likely N-dealkylation sites (tertiary alicyclic amines) is 1. The molecule has 2 aromatic carbocycles. The number of carbonyl (C=O) groups excluding carboxylic acids is 1. The predicted octanol–water partition coefficient (Wildman–Crippen LogP) is 5.72. The van der Waals surface area contributed by atoms with E-state index >= 15 is 0 Å². The molecular weight excluding hydrogens is 456 g/mol. The number of aliphatic hydroxyl groups excluding tert-OH is 1. The summed E-state index contributed by atoms with van der Waals surface area (Å²) in [7, 11) is 0. The molecule has 3 atom stereocenters. The van der Waals surface area contributed by atoms with E-state index in [4.69, 9.17) is 14.2 Å². The largest absolute Gasteiger partial charge is 0.445 e. The summed E-state index contributed by atoms with van der Waals surface area (Å²) in [6, 6.07) is 15.4. The van der Waals surface area contributed by atoms with Gasteiger partial charge in [-0.3, -0.25) is 5.32 Å². The molecule has 7 nitrogen and oxygen atoms in total. The minimum absolute atomic E-state index is 0.0138. The molecule has 1 amide bonds. The Kier molecular flexibility index (Phi) is 9.93. The molecule has 7 heteroatoms. The molecule has 0 aliphatic carbocycles. The number of rotatable bonds is 8. The van der Waals surface area contributed by atoms with Crippen molar-refractivity contribution in [2.24, 2.45) is 0 Å². The quantitative estimate of drug-likeness (QED) is 0.457. The van der Waals surface area contributed by atoms with Crippen LogP contribution in [0.2, 0.25) is 0 Å². The molecule has 0 unspecified atom stereocenters. The van der Waals surface area contributed by atoms with Crippen LogP contribution in [0, 0.1) is 0 Å². The molecule has 36 heavy (non-hydrogen) atoms. The van der Waals surface area contributed by atoms with Crippen LogP contribution in [0.15, 0.2) is 61.2 Å². The number of nitrogens with one attached hydrogen (secondary N) is 1. The Morgan fingerprint density at radius 2 is 1.81 bits per heavy atom. The van der Waals surface area contributed by atoms with E-state index in [-0.39, 0.29) is 25.4 Å². The molecule has 2 saturated heterocycles. The molecule has 194 valence electrons. The highest BCUT2D eigenvalue weighted by Gasteiger charge is 2.33. The summed E-state index contributed by atoms with van der Waals surface area (Å²) >= 11 is 0. The molecule has 2 aliphatic rings. The van der Waals surface area contributed by atoms with Gasteiger partial charge < -0.3 is 24.2 Å². The Hall–Kier alpha value is -2.71. The highest BCUT2D eigenvalue weighted by Crippen LogP contribution is 2.38. The van der Waals surface area contributed by atoms with Gasteiger partial charge in [0.25, 0.3) is 0 Å². The minimum atomic E-state index is -0.563. The van der Waals surface area contributed by atoms with Crippen LogP contribution in [0.3, 0.4) is 0 Å². The zero-order chi connectivity index (χ0) is 25.2. The van der Waals surface area contributed by atoms with Crippen LogP contribution in [-0.2, 0) is 20.8 Å². The lowest BCUT2D eigenvalue weighted by Gasteiger charge is -2.39. The topological polar surface area (TPSA) is 80.3 Å². The molecule has 2 aliphatic heterocycles. The summed E-state index contributed by atoms with van der Waals surface area (Å²) in [6.45, 7) is 6.81. The number of ether oxygens (including phenoxy) is 3. The van der Waals surface area contributed by atoms with Gasteiger partial charge in [-0.05, 0) is 49.2 Å². The Morgan fingerprint density at radius 3 is 2.53 bits per heavy atom. The van der Waals surface area contributed by atoms with E-state index in [9.17, 15) is 9.90 Å². The number of nitrogens with zero attached hydrogens (tertiary/aromatic N) is 1. The maximum absolute atomic E-state index is 12.0. The Labute approximate surface area is 214 Å². The minimum Gasteiger partial charge on any atom is -0.445 e. The molecule has 0 aromatic heterocycles. The first kappa shape index (κ1) is 26.4. The van der Waals surface area contributed by atoms with Crippen LogP contribution in [0.4, 0.5) is 10.5 Å². The Morgan fingerprint density at radius 1 is 1.06 bits per heavy atom. The van der Waals surface area contributed by atoms with Crippen molar-refractivity contribution in [3.63, 3.8) is 0 Å². The summed E-state index contributed by atoms with van der Waals surface area (Å²) in [5, 5.41) is 12.2. The molecule has 2 aromatic rings. The van der Waals surface area contributed by atoms with Crippen molar-refractivity contribution >= 4 is 11.8 Å². The first-order valence-corrected chi connectivity index (χ1v) is 13.0.